The number of phenolic OH excluding ortho intramolecular Hbond substituents is 1. The van der Waals surface area contributed by atoms with Gasteiger partial charge in [0.05, 0.1) is 13.2 Å². The molecule has 19 heavy (non-hydrogen) atoms. The monoisotopic (exact) mass is 260 g/mol. The highest BCUT2D eigenvalue weighted by Crippen LogP contribution is 2.10. The molecule has 0 unspecified atom stereocenters. The summed E-state index contributed by atoms with van der Waals surface area (Å²) >= 11 is 0. The summed E-state index contributed by atoms with van der Waals surface area (Å²) in [7, 11) is 3.40. The van der Waals surface area contributed by atoms with E-state index in [1.807, 2.05) is 18.2 Å². The Bertz CT molecular complexity index is 430. The molecule has 3 nitrogen and oxygen atoms in total. The van der Waals surface area contributed by atoms with Crippen molar-refractivity contribution in [2.45, 2.75) is 13.2 Å². The minimum absolute atomic E-state index is 0.322. The summed E-state index contributed by atoms with van der Waals surface area (Å²) < 4.78 is 10.1. The first-order valence-corrected chi connectivity index (χ1v) is 6.06. The minimum Gasteiger partial charge on any atom is -0.508 e. The maximum absolute atomic E-state index is 8.63. The van der Waals surface area contributed by atoms with E-state index in [4.69, 9.17) is 14.6 Å². The molecular formula is C16H20O3. The summed E-state index contributed by atoms with van der Waals surface area (Å²) in [6.45, 7) is 1.30. The highest BCUT2D eigenvalue weighted by atomic mass is 16.5. The van der Waals surface area contributed by atoms with Crippen molar-refractivity contribution >= 4 is 0 Å². The smallest absolute Gasteiger partial charge is 0.115 e. The van der Waals surface area contributed by atoms with Crippen LogP contribution in [0.3, 0.4) is 0 Å². The van der Waals surface area contributed by atoms with Crippen LogP contribution in [-0.2, 0) is 22.7 Å². The van der Waals surface area contributed by atoms with E-state index in [1.54, 1.807) is 38.5 Å². The molecule has 0 spiro atoms. The topological polar surface area (TPSA) is 38.7 Å². The summed E-state index contributed by atoms with van der Waals surface area (Å²) in [5.41, 5.74) is 2.39. The number of methoxy groups -OCH3 is 2. The molecule has 0 aliphatic carbocycles. The zero-order valence-electron chi connectivity index (χ0n) is 11.4. The van der Waals surface area contributed by atoms with Crippen LogP contribution < -0.4 is 0 Å². The van der Waals surface area contributed by atoms with Crippen LogP contribution in [0.25, 0.3) is 0 Å². The molecule has 0 amide bonds. The first-order chi connectivity index (χ1) is 9.27. The van der Waals surface area contributed by atoms with Crippen LogP contribution in [0.5, 0.6) is 5.75 Å². The van der Waals surface area contributed by atoms with E-state index in [1.165, 1.54) is 11.1 Å². The number of phenols is 1. The van der Waals surface area contributed by atoms with Gasteiger partial charge in [-0.2, -0.15) is 0 Å². The van der Waals surface area contributed by atoms with Crippen LogP contribution in [0.1, 0.15) is 11.1 Å². The summed E-state index contributed by atoms with van der Waals surface area (Å²) in [5, 5.41) is 8.63. The lowest BCUT2D eigenvalue weighted by molar-refractivity contribution is 0.168. The lowest BCUT2D eigenvalue weighted by Gasteiger charge is -2.06. The van der Waals surface area contributed by atoms with E-state index < -0.39 is 0 Å². The largest absolute Gasteiger partial charge is 0.508 e. The van der Waals surface area contributed by atoms with E-state index >= 15 is 0 Å². The SMILES string of the molecule is COCc1ccccc1COC.Oc1ccccc1. The van der Waals surface area contributed by atoms with Gasteiger partial charge in [0, 0.05) is 14.2 Å². The van der Waals surface area contributed by atoms with Gasteiger partial charge in [0.25, 0.3) is 0 Å². The van der Waals surface area contributed by atoms with Crippen molar-refractivity contribution in [1.82, 2.24) is 0 Å². The van der Waals surface area contributed by atoms with Gasteiger partial charge in [-0.3, -0.25) is 0 Å². The quantitative estimate of drug-likeness (QED) is 0.916. The second-order valence-corrected chi connectivity index (χ2v) is 3.97. The Morgan fingerprint density at radius 1 is 0.737 bits per heavy atom. The Balaban J connectivity index is 0.000000218. The van der Waals surface area contributed by atoms with Gasteiger partial charge in [0.2, 0.25) is 0 Å². The van der Waals surface area contributed by atoms with Gasteiger partial charge < -0.3 is 14.6 Å². The molecule has 0 radical (unpaired) electrons. The Morgan fingerprint density at radius 2 is 1.16 bits per heavy atom. The predicted octanol–water partition coefficient (Wildman–Crippen LogP) is 3.37. The molecule has 2 aromatic rings. The molecule has 2 aromatic carbocycles. The molecule has 1 N–H and O–H groups in total. The molecule has 0 aromatic heterocycles. The van der Waals surface area contributed by atoms with Crippen LogP contribution >= 0.6 is 0 Å². The number of para-hydroxylation sites is 1. The average Bonchev–Trinajstić information content (AvgIpc) is 2.43. The molecule has 2 rings (SSSR count). The van der Waals surface area contributed by atoms with Crippen molar-refractivity contribution < 1.29 is 14.6 Å². The zero-order valence-corrected chi connectivity index (χ0v) is 11.4. The second kappa shape index (κ2) is 9.14. The molecule has 0 atom stereocenters. The van der Waals surface area contributed by atoms with Gasteiger partial charge in [-0.25, -0.2) is 0 Å². The standard InChI is InChI=1S/C10H14O2.C6H6O/c1-11-7-9-5-3-4-6-10(9)8-12-2;7-6-4-2-1-3-5-6/h3-6H,7-8H2,1-2H3;1-5,7H. The fourth-order valence-electron chi connectivity index (χ4n) is 1.58. The fraction of sp³-hybridized carbons (Fsp3) is 0.250. The predicted molar refractivity (Wildman–Crippen MR) is 76.0 cm³/mol. The van der Waals surface area contributed by atoms with Crippen LogP contribution in [0.4, 0.5) is 0 Å². The maximum Gasteiger partial charge on any atom is 0.115 e. The van der Waals surface area contributed by atoms with Gasteiger partial charge >= 0.3 is 0 Å². The molecule has 0 aliphatic rings. The number of ether oxygens (including phenoxy) is 2. The number of hydrogen-bond acceptors (Lipinski definition) is 3. The van der Waals surface area contributed by atoms with Crippen molar-refractivity contribution in [2.75, 3.05) is 14.2 Å². The van der Waals surface area contributed by atoms with E-state index in [0.29, 0.717) is 19.0 Å². The first kappa shape index (κ1) is 15.2. The van der Waals surface area contributed by atoms with Crippen LogP contribution in [-0.4, -0.2) is 19.3 Å². The van der Waals surface area contributed by atoms with E-state index in [9.17, 15) is 0 Å². The summed E-state index contributed by atoms with van der Waals surface area (Å²) in [6, 6.07) is 16.8. The second-order valence-electron chi connectivity index (χ2n) is 3.97. The summed E-state index contributed by atoms with van der Waals surface area (Å²) in [5.74, 6) is 0.322. The van der Waals surface area contributed by atoms with Crippen LogP contribution in [0, 0.1) is 0 Å². The van der Waals surface area contributed by atoms with Gasteiger partial charge in [0.15, 0.2) is 0 Å². The Hall–Kier alpha value is -1.84. The van der Waals surface area contributed by atoms with Crippen LogP contribution in [0.15, 0.2) is 54.6 Å². The van der Waals surface area contributed by atoms with Gasteiger partial charge in [-0.05, 0) is 23.3 Å². The maximum atomic E-state index is 8.63. The summed E-state index contributed by atoms with van der Waals surface area (Å²) in [6.07, 6.45) is 0. The van der Waals surface area contributed by atoms with E-state index in [-0.39, 0.29) is 0 Å². The third kappa shape index (κ3) is 6.04. The van der Waals surface area contributed by atoms with Crippen molar-refractivity contribution in [3.63, 3.8) is 0 Å². The van der Waals surface area contributed by atoms with Crippen molar-refractivity contribution in [1.29, 1.82) is 0 Å². The molecule has 0 aliphatic heterocycles. The van der Waals surface area contributed by atoms with Gasteiger partial charge in [0.1, 0.15) is 5.75 Å². The number of rotatable bonds is 4. The molecule has 0 saturated carbocycles. The lowest BCUT2D eigenvalue weighted by Crippen LogP contribution is -1.96. The van der Waals surface area contributed by atoms with Crippen molar-refractivity contribution in [2.24, 2.45) is 0 Å². The Kier molecular flexibility index (Phi) is 7.32. The van der Waals surface area contributed by atoms with Gasteiger partial charge in [-0.1, -0.05) is 42.5 Å². The van der Waals surface area contributed by atoms with Crippen LogP contribution in [0.2, 0.25) is 0 Å². The first-order valence-electron chi connectivity index (χ1n) is 6.06. The third-order valence-electron chi connectivity index (χ3n) is 2.47. The molecule has 0 heterocycles. The van der Waals surface area contributed by atoms with Crippen molar-refractivity contribution in [3.8, 4) is 5.75 Å². The number of benzene rings is 2. The highest BCUT2D eigenvalue weighted by molar-refractivity contribution is 5.25. The highest BCUT2D eigenvalue weighted by Gasteiger charge is 1.99. The minimum atomic E-state index is 0.322. The molecule has 102 valence electrons. The molecule has 3 heteroatoms. The number of hydrogen-bond donors (Lipinski definition) is 1. The molecule has 0 bridgehead atoms. The number of aromatic hydroxyl groups is 1. The third-order valence-corrected chi connectivity index (χ3v) is 2.47. The molecule has 0 fully saturated rings. The average molecular weight is 260 g/mol. The van der Waals surface area contributed by atoms with E-state index in [2.05, 4.69) is 12.1 Å². The normalized spacial score (nSPS) is 9.58. The van der Waals surface area contributed by atoms with Gasteiger partial charge in [-0.15, -0.1) is 0 Å². The lowest BCUT2D eigenvalue weighted by atomic mass is 10.1. The molecule has 0 saturated heterocycles. The summed E-state index contributed by atoms with van der Waals surface area (Å²) in [4.78, 5) is 0. The van der Waals surface area contributed by atoms with Crippen molar-refractivity contribution in [3.05, 3.63) is 65.7 Å². The fourth-order valence-corrected chi connectivity index (χ4v) is 1.58. The molecular weight excluding hydrogens is 240 g/mol. The zero-order chi connectivity index (χ0) is 13.9. The Labute approximate surface area is 114 Å². The Morgan fingerprint density at radius 3 is 1.47 bits per heavy atom. The van der Waals surface area contributed by atoms with E-state index in [0.717, 1.165) is 0 Å².